The van der Waals surface area contributed by atoms with Crippen molar-refractivity contribution in [2.24, 2.45) is 16.8 Å². The molecule has 0 aliphatic heterocycles. The normalized spacial score (nSPS) is 11.0. The fourth-order valence-corrected chi connectivity index (χ4v) is 3.22. The Morgan fingerprint density at radius 1 is 1.21 bits per heavy atom. The number of aromatic hydroxyl groups is 1. The summed E-state index contributed by atoms with van der Waals surface area (Å²) in [6.07, 6.45) is 4.26. The molecule has 0 unspecified atom stereocenters. The highest BCUT2D eigenvalue weighted by Crippen LogP contribution is 2.21. The number of phenolic OH excluding ortho intramolecular Hbond substituents is 1. The van der Waals surface area contributed by atoms with Crippen molar-refractivity contribution in [2.45, 2.75) is 19.8 Å². The van der Waals surface area contributed by atoms with E-state index in [-0.39, 0.29) is 17.5 Å². The van der Waals surface area contributed by atoms with Crippen molar-refractivity contribution in [3.8, 4) is 5.75 Å². The molecule has 2 aromatic rings. The summed E-state index contributed by atoms with van der Waals surface area (Å²) in [5.74, 6) is 10.1. The number of anilines is 1. The van der Waals surface area contributed by atoms with Crippen LogP contribution in [0.15, 0.2) is 58.5 Å². The Kier molecular flexibility index (Phi) is 13.2. The molecule has 34 heavy (non-hydrogen) atoms. The number of benzene rings is 2. The SMILES string of the molecule is CCCCN(C)C(=O)/C(=C/c1ccccc1)SC=O.N/N=C(\NN)c1ccc(NC=O)cc1O. The third-order valence-corrected chi connectivity index (χ3v) is 5.06. The van der Waals surface area contributed by atoms with Crippen molar-refractivity contribution in [1.29, 1.82) is 0 Å². The second kappa shape index (κ2) is 15.9. The third kappa shape index (κ3) is 9.35. The lowest BCUT2D eigenvalue weighted by Crippen LogP contribution is -2.32. The zero-order valence-electron chi connectivity index (χ0n) is 19.1. The number of thioether (sulfide) groups is 1. The predicted molar refractivity (Wildman–Crippen MR) is 137 cm³/mol. The molecule has 11 heteroatoms. The van der Waals surface area contributed by atoms with E-state index in [0.29, 0.717) is 34.7 Å². The maximum Gasteiger partial charge on any atom is 0.260 e. The number of likely N-dealkylation sites (N-methyl/N-ethyl adjacent to an activating group) is 1. The molecule has 0 spiro atoms. The van der Waals surface area contributed by atoms with Crippen molar-refractivity contribution in [2.75, 3.05) is 18.9 Å². The van der Waals surface area contributed by atoms with Crippen LogP contribution in [0, 0.1) is 0 Å². The number of carbonyl (C=O) groups is 3. The van der Waals surface area contributed by atoms with E-state index in [2.05, 4.69) is 22.8 Å². The van der Waals surface area contributed by atoms with Crippen molar-refractivity contribution in [3.63, 3.8) is 0 Å². The Labute approximate surface area is 203 Å². The van der Waals surface area contributed by atoms with Crippen LogP contribution in [0.3, 0.4) is 0 Å². The Balaban J connectivity index is 0.000000350. The maximum atomic E-state index is 12.2. The minimum Gasteiger partial charge on any atom is -0.507 e. The number of phenols is 1. The van der Waals surface area contributed by atoms with Gasteiger partial charge in [0.15, 0.2) is 11.5 Å². The summed E-state index contributed by atoms with van der Waals surface area (Å²) in [5.41, 5.74) is 4.65. The molecule has 0 aliphatic carbocycles. The number of amidine groups is 1. The molecule has 0 atom stereocenters. The summed E-state index contributed by atoms with van der Waals surface area (Å²) >= 11 is 0.930. The van der Waals surface area contributed by atoms with Gasteiger partial charge < -0.3 is 26.6 Å². The minimum absolute atomic E-state index is 0.0935. The summed E-state index contributed by atoms with van der Waals surface area (Å²) in [6, 6.07) is 14.0. The van der Waals surface area contributed by atoms with Crippen LogP contribution in [-0.2, 0) is 14.4 Å². The molecule has 7 N–H and O–H groups in total. The first-order valence-corrected chi connectivity index (χ1v) is 11.2. The van der Waals surface area contributed by atoms with Gasteiger partial charge in [-0.25, -0.2) is 5.84 Å². The number of hydrogen-bond donors (Lipinski definition) is 5. The number of rotatable bonds is 10. The molecule has 182 valence electrons. The zero-order chi connectivity index (χ0) is 25.3. The van der Waals surface area contributed by atoms with Gasteiger partial charge in [0.1, 0.15) is 5.75 Å². The summed E-state index contributed by atoms with van der Waals surface area (Å²) in [5, 5.41) is 15.3. The Hall–Kier alpha value is -3.83. The zero-order valence-corrected chi connectivity index (χ0v) is 19.9. The summed E-state index contributed by atoms with van der Waals surface area (Å²) < 4.78 is 0. The predicted octanol–water partition coefficient (Wildman–Crippen LogP) is 2.25. The number of hydrazone groups is 1. The standard InChI is InChI=1S/C15H19NO2S.C8H11N5O2/c1-3-4-10-16(2)15(18)14(19-12-17)11-13-8-6-5-7-9-13;9-12-8(13-10)6-2-1-5(11-4-14)3-7(6)15/h5-9,11-12H,3-4,10H2,1-2H3;1-4,15H,9-10H2,(H,11,14)(H,12,13)/b14-11-;. The van der Waals surface area contributed by atoms with Gasteiger partial charge in [-0.15, -0.1) is 0 Å². The number of nitrogens with one attached hydrogen (secondary N) is 2. The van der Waals surface area contributed by atoms with Gasteiger partial charge in [-0.3, -0.25) is 14.4 Å². The van der Waals surface area contributed by atoms with E-state index < -0.39 is 0 Å². The van der Waals surface area contributed by atoms with Gasteiger partial charge in [-0.1, -0.05) is 43.7 Å². The molecule has 0 aliphatic rings. The first kappa shape index (κ1) is 28.2. The first-order chi connectivity index (χ1) is 16.4. The van der Waals surface area contributed by atoms with Crippen LogP contribution in [0.2, 0.25) is 0 Å². The van der Waals surface area contributed by atoms with E-state index in [1.807, 2.05) is 30.3 Å². The van der Waals surface area contributed by atoms with Crippen molar-refractivity contribution >= 4 is 47.3 Å². The van der Waals surface area contributed by atoms with Crippen LogP contribution in [-0.4, -0.2) is 47.4 Å². The quantitative estimate of drug-likeness (QED) is 0.0852. The Morgan fingerprint density at radius 3 is 2.44 bits per heavy atom. The summed E-state index contributed by atoms with van der Waals surface area (Å²) in [6.45, 7) is 2.79. The lowest BCUT2D eigenvalue weighted by Gasteiger charge is -2.17. The van der Waals surface area contributed by atoms with E-state index in [0.717, 1.165) is 30.2 Å². The lowest BCUT2D eigenvalue weighted by molar-refractivity contribution is -0.125. The Bertz CT molecular complexity index is 998. The largest absolute Gasteiger partial charge is 0.507 e. The first-order valence-electron chi connectivity index (χ1n) is 10.3. The molecule has 0 heterocycles. The van der Waals surface area contributed by atoms with Crippen LogP contribution in [0.1, 0.15) is 30.9 Å². The van der Waals surface area contributed by atoms with Gasteiger partial charge in [0.25, 0.3) is 5.91 Å². The second-order valence-electron chi connectivity index (χ2n) is 6.83. The highest BCUT2D eigenvalue weighted by molar-refractivity contribution is 8.16. The van der Waals surface area contributed by atoms with E-state index in [1.54, 1.807) is 24.1 Å². The van der Waals surface area contributed by atoms with E-state index in [1.165, 1.54) is 12.1 Å². The minimum atomic E-state index is -0.102. The topological polar surface area (TPSA) is 163 Å². The number of unbranched alkanes of at least 4 members (excludes halogenated alkanes) is 1. The van der Waals surface area contributed by atoms with Gasteiger partial charge >= 0.3 is 0 Å². The molecular weight excluding hydrogens is 456 g/mol. The molecule has 0 aromatic heterocycles. The number of carbonyl (C=O) groups excluding carboxylic acids is 3. The monoisotopic (exact) mass is 486 g/mol. The molecule has 0 saturated heterocycles. The molecule has 0 fully saturated rings. The number of hydrogen-bond acceptors (Lipinski definition) is 8. The number of nitrogens with two attached hydrogens (primary N) is 2. The van der Waals surface area contributed by atoms with Crippen molar-refractivity contribution in [3.05, 3.63) is 64.6 Å². The van der Waals surface area contributed by atoms with Gasteiger partial charge in [0.2, 0.25) is 6.41 Å². The molecule has 2 aromatic carbocycles. The van der Waals surface area contributed by atoms with Crippen LogP contribution in [0.5, 0.6) is 5.75 Å². The van der Waals surface area contributed by atoms with Crippen LogP contribution >= 0.6 is 11.8 Å². The van der Waals surface area contributed by atoms with Gasteiger partial charge in [0.05, 0.1) is 10.5 Å². The number of amides is 2. The number of nitrogens with zero attached hydrogens (tertiary/aromatic N) is 2. The van der Waals surface area contributed by atoms with Crippen molar-refractivity contribution < 1.29 is 19.5 Å². The molecule has 10 nitrogen and oxygen atoms in total. The van der Waals surface area contributed by atoms with Crippen LogP contribution in [0.4, 0.5) is 5.69 Å². The van der Waals surface area contributed by atoms with Gasteiger partial charge in [-0.2, -0.15) is 5.10 Å². The highest BCUT2D eigenvalue weighted by atomic mass is 32.2. The molecular formula is C23H30N6O4S. The maximum absolute atomic E-state index is 12.2. The molecule has 0 saturated carbocycles. The summed E-state index contributed by atoms with van der Waals surface area (Å²) in [7, 11) is 1.77. The lowest BCUT2D eigenvalue weighted by atomic mass is 10.1. The Morgan fingerprint density at radius 2 is 1.91 bits per heavy atom. The van der Waals surface area contributed by atoms with Gasteiger partial charge in [-0.05, 0) is 42.0 Å². The van der Waals surface area contributed by atoms with Crippen molar-refractivity contribution in [1.82, 2.24) is 10.3 Å². The van der Waals surface area contributed by atoms with E-state index >= 15 is 0 Å². The smallest absolute Gasteiger partial charge is 0.260 e. The highest BCUT2D eigenvalue weighted by Gasteiger charge is 2.15. The van der Waals surface area contributed by atoms with E-state index in [4.69, 9.17) is 11.7 Å². The molecule has 0 radical (unpaired) electrons. The average Bonchev–Trinajstić information content (AvgIpc) is 2.85. The van der Waals surface area contributed by atoms with Gasteiger partial charge in [0, 0.05) is 25.3 Å². The molecule has 2 amide bonds. The third-order valence-electron chi connectivity index (χ3n) is 4.42. The molecule has 2 rings (SSSR count). The summed E-state index contributed by atoms with van der Waals surface area (Å²) in [4.78, 5) is 35.2. The van der Waals surface area contributed by atoms with E-state index in [9.17, 15) is 19.5 Å². The van der Waals surface area contributed by atoms with Crippen LogP contribution in [0.25, 0.3) is 6.08 Å². The number of hydrazine groups is 1. The fourth-order valence-electron chi connectivity index (χ4n) is 2.66. The average molecular weight is 487 g/mol. The molecule has 0 bridgehead atoms. The fraction of sp³-hybridized carbons (Fsp3) is 0.217. The second-order valence-corrected chi connectivity index (χ2v) is 7.70. The van der Waals surface area contributed by atoms with Crippen LogP contribution < -0.4 is 22.4 Å².